The number of carbonyl (C=O) groups is 2. The van der Waals surface area contributed by atoms with Crippen LogP contribution in [0.5, 0.6) is 5.75 Å². The summed E-state index contributed by atoms with van der Waals surface area (Å²) in [6, 6.07) is 8.57. The van der Waals surface area contributed by atoms with Crippen LogP contribution in [0.2, 0.25) is 10.0 Å². The molecule has 38 heavy (non-hydrogen) atoms. The number of benzene rings is 1. The Balaban J connectivity index is 1.49. The molecule has 5 rings (SSSR count). The van der Waals surface area contributed by atoms with Crippen LogP contribution < -0.4 is 15.4 Å². The third kappa shape index (κ3) is 4.49. The van der Waals surface area contributed by atoms with Crippen LogP contribution in [0.25, 0.3) is 0 Å². The van der Waals surface area contributed by atoms with E-state index in [0.717, 1.165) is 0 Å². The molecule has 2 N–H and O–H groups in total. The van der Waals surface area contributed by atoms with Crippen LogP contribution >= 0.6 is 23.2 Å². The van der Waals surface area contributed by atoms with E-state index in [2.05, 4.69) is 21.7 Å². The van der Waals surface area contributed by atoms with Crippen molar-refractivity contribution in [1.29, 1.82) is 5.26 Å². The van der Waals surface area contributed by atoms with Gasteiger partial charge in [0.25, 0.3) is 0 Å². The molecule has 2 atom stereocenters. The lowest BCUT2D eigenvalue weighted by molar-refractivity contribution is -0.145. The van der Waals surface area contributed by atoms with Gasteiger partial charge in [0, 0.05) is 31.9 Å². The van der Waals surface area contributed by atoms with Crippen LogP contribution in [0.1, 0.15) is 25.0 Å². The van der Waals surface area contributed by atoms with Gasteiger partial charge in [-0.3, -0.25) is 14.6 Å². The van der Waals surface area contributed by atoms with Crippen molar-refractivity contribution < 1.29 is 22.7 Å². The first kappa shape index (κ1) is 26.7. The number of aromatic nitrogens is 1. The lowest BCUT2D eigenvalue weighted by Crippen LogP contribution is -2.67. The summed E-state index contributed by atoms with van der Waals surface area (Å²) >= 11 is 12.3. The van der Waals surface area contributed by atoms with Gasteiger partial charge in [0.15, 0.2) is 9.84 Å². The van der Waals surface area contributed by atoms with E-state index in [4.69, 9.17) is 27.9 Å². The summed E-state index contributed by atoms with van der Waals surface area (Å²) in [6.07, 6.45) is 2.31. The van der Waals surface area contributed by atoms with E-state index in [1.54, 1.807) is 12.1 Å². The second-order valence-electron chi connectivity index (χ2n) is 9.90. The summed E-state index contributed by atoms with van der Waals surface area (Å²) in [6.45, 7) is 0.334. The van der Waals surface area contributed by atoms with Gasteiger partial charge < -0.3 is 20.3 Å². The minimum Gasteiger partial charge on any atom is -0.497 e. The second-order valence-corrected chi connectivity index (χ2v) is 12.9. The molecule has 1 saturated carbocycles. The number of hydrogen-bond acceptors (Lipinski definition) is 8. The highest BCUT2D eigenvalue weighted by atomic mass is 35.5. The van der Waals surface area contributed by atoms with Gasteiger partial charge in [-0.05, 0) is 43.5 Å². The number of amides is 2. The molecule has 2 aliphatic heterocycles. The zero-order valence-corrected chi connectivity index (χ0v) is 22.7. The fraction of sp³-hybridized carbons (Fsp3) is 0.440. The zero-order valence-electron chi connectivity index (χ0n) is 20.4. The maximum atomic E-state index is 14.1. The van der Waals surface area contributed by atoms with Gasteiger partial charge >= 0.3 is 0 Å². The topological polar surface area (TPSA) is 141 Å². The number of ether oxygens (including phenoxy) is 1. The van der Waals surface area contributed by atoms with Crippen molar-refractivity contribution in [2.24, 2.45) is 0 Å². The highest BCUT2D eigenvalue weighted by Crippen LogP contribution is 2.39. The minimum absolute atomic E-state index is 0.0124. The first-order chi connectivity index (χ1) is 18.0. The van der Waals surface area contributed by atoms with Gasteiger partial charge in [-0.15, -0.1) is 0 Å². The molecule has 10 nitrogen and oxygen atoms in total. The predicted octanol–water partition coefficient (Wildman–Crippen LogP) is 1.85. The Morgan fingerprint density at radius 3 is 2.50 bits per heavy atom. The summed E-state index contributed by atoms with van der Waals surface area (Å²) < 4.78 is 32.5. The number of rotatable bonds is 7. The third-order valence-electron chi connectivity index (χ3n) is 7.52. The highest BCUT2D eigenvalue weighted by Gasteiger charge is 2.56. The maximum absolute atomic E-state index is 14.1. The number of hydrogen-bond donors (Lipinski definition) is 2. The number of likely N-dealkylation sites (tertiary alicyclic amines) is 1. The Labute approximate surface area is 230 Å². The Kier molecular flexibility index (Phi) is 6.80. The molecule has 13 heteroatoms. The van der Waals surface area contributed by atoms with Crippen LogP contribution in [0.4, 0.5) is 0 Å². The van der Waals surface area contributed by atoms with E-state index >= 15 is 0 Å². The van der Waals surface area contributed by atoms with Crippen molar-refractivity contribution in [2.45, 2.75) is 46.4 Å². The Morgan fingerprint density at radius 1 is 1.24 bits per heavy atom. The van der Waals surface area contributed by atoms with Gasteiger partial charge in [0.05, 0.1) is 39.1 Å². The summed E-state index contributed by atoms with van der Waals surface area (Å²) in [5, 5.41) is 14.6. The third-order valence-corrected chi connectivity index (χ3v) is 10.4. The summed E-state index contributed by atoms with van der Waals surface area (Å²) in [5.41, 5.74) is -1.58. The molecule has 0 bridgehead atoms. The monoisotopic (exact) mass is 577 g/mol. The number of halogens is 2. The molecule has 3 heterocycles. The zero-order chi connectivity index (χ0) is 27.3. The number of methoxy groups -OCH3 is 1. The average molecular weight is 578 g/mol. The molecule has 2 amide bonds. The molecule has 1 aromatic carbocycles. The average Bonchev–Trinajstić information content (AvgIpc) is 3.48. The van der Waals surface area contributed by atoms with Crippen molar-refractivity contribution in [3.63, 3.8) is 0 Å². The van der Waals surface area contributed by atoms with Crippen LogP contribution in [-0.4, -0.2) is 73.7 Å². The number of nitrogens with zero attached hydrogens (tertiary/aromatic N) is 3. The molecule has 3 fully saturated rings. The molecular weight excluding hydrogens is 553 g/mol. The summed E-state index contributed by atoms with van der Waals surface area (Å²) in [4.78, 5) is 33.1. The van der Waals surface area contributed by atoms with Crippen LogP contribution in [0, 0.1) is 11.3 Å². The van der Waals surface area contributed by atoms with E-state index in [0.29, 0.717) is 29.3 Å². The van der Waals surface area contributed by atoms with Crippen molar-refractivity contribution in [3.8, 4) is 11.8 Å². The van der Waals surface area contributed by atoms with Crippen molar-refractivity contribution in [1.82, 2.24) is 20.5 Å². The summed E-state index contributed by atoms with van der Waals surface area (Å²) in [7, 11) is -2.60. The molecule has 1 unspecified atom stereocenters. The molecule has 0 spiro atoms. The molecule has 200 valence electrons. The quantitative estimate of drug-likeness (QED) is 0.507. The normalized spacial score (nSPS) is 23.2. The van der Waals surface area contributed by atoms with E-state index in [9.17, 15) is 23.3 Å². The standard InChI is InChI=1S/C25H25Cl2N5O5S/c1-37-16-3-4-20(18(27)8-16)38(35,36)17-9-19(22(33)31-24(12-28)6-7-24)32(11-17)23(34)25(13-29-14-25)21-5-2-15(26)10-30-21/h2-5,8,10,17,19,29H,6-7,9,11,13-14H2,1H3,(H,31,33)/t17?,19-/m0/s1. The molecule has 0 radical (unpaired) electrons. The number of carbonyl (C=O) groups excluding carboxylic acids is 2. The first-order valence-electron chi connectivity index (χ1n) is 12.0. The second kappa shape index (κ2) is 9.68. The van der Waals surface area contributed by atoms with Gasteiger partial charge in [-0.2, -0.15) is 5.26 Å². The van der Waals surface area contributed by atoms with Crippen molar-refractivity contribution >= 4 is 44.9 Å². The van der Waals surface area contributed by atoms with Crippen molar-refractivity contribution in [3.05, 3.63) is 52.3 Å². The molecular formula is C25H25Cl2N5O5S. The van der Waals surface area contributed by atoms with Gasteiger partial charge in [-0.25, -0.2) is 8.42 Å². The lowest BCUT2D eigenvalue weighted by Gasteiger charge is -2.43. The SMILES string of the molecule is COc1ccc(S(=O)(=O)C2C[C@@H](C(=O)NC3(C#N)CC3)N(C(=O)C3(c4ccc(Cl)cn4)CNC3)C2)c(Cl)c1. The minimum atomic E-state index is -4.04. The van der Waals surface area contributed by atoms with E-state index in [-0.39, 0.29) is 36.0 Å². The highest BCUT2D eigenvalue weighted by molar-refractivity contribution is 7.92. The Bertz CT molecular complexity index is 1440. The lowest BCUT2D eigenvalue weighted by atomic mass is 9.76. The number of nitriles is 1. The fourth-order valence-electron chi connectivity index (χ4n) is 4.97. The number of sulfone groups is 1. The Hall–Kier alpha value is -2.91. The fourth-order valence-corrected chi connectivity index (χ4v) is 7.32. The van der Waals surface area contributed by atoms with Crippen LogP contribution in [0.3, 0.4) is 0 Å². The van der Waals surface area contributed by atoms with Crippen LogP contribution in [0.15, 0.2) is 41.4 Å². The maximum Gasteiger partial charge on any atom is 0.244 e. The predicted molar refractivity (Wildman–Crippen MR) is 139 cm³/mol. The van der Waals surface area contributed by atoms with Gasteiger partial charge in [-0.1, -0.05) is 23.2 Å². The van der Waals surface area contributed by atoms with Crippen LogP contribution in [-0.2, 0) is 24.8 Å². The molecule has 1 aliphatic carbocycles. The molecule has 3 aliphatic rings. The van der Waals surface area contributed by atoms with Crippen molar-refractivity contribution in [2.75, 3.05) is 26.7 Å². The molecule has 2 saturated heterocycles. The van der Waals surface area contributed by atoms with E-state index in [1.165, 1.54) is 36.4 Å². The largest absolute Gasteiger partial charge is 0.497 e. The Morgan fingerprint density at radius 2 is 1.97 bits per heavy atom. The number of pyridine rings is 1. The van der Waals surface area contributed by atoms with E-state index in [1.807, 2.05) is 0 Å². The van der Waals surface area contributed by atoms with Gasteiger partial charge in [0.1, 0.15) is 22.7 Å². The van der Waals surface area contributed by atoms with E-state index < -0.39 is 43.9 Å². The first-order valence-corrected chi connectivity index (χ1v) is 14.3. The summed E-state index contributed by atoms with van der Waals surface area (Å²) in [5.74, 6) is -0.565. The van der Waals surface area contributed by atoms with Gasteiger partial charge in [0.2, 0.25) is 11.8 Å². The molecule has 1 aromatic heterocycles. The molecule has 2 aromatic rings. The smallest absolute Gasteiger partial charge is 0.244 e. The number of nitrogens with one attached hydrogen (secondary N) is 2.